The highest BCUT2D eigenvalue weighted by atomic mass is 79.9. The van der Waals surface area contributed by atoms with E-state index in [9.17, 15) is 5.26 Å². The molecule has 1 aromatic heterocycles. The summed E-state index contributed by atoms with van der Waals surface area (Å²) >= 11 is 9.97. The van der Waals surface area contributed by atoms with Crippen LogP contribution in [0.15, 0.2) is 65.5 Å². The van der Waals surface area contributed by atoms with Crippen molar-refractivity contribution >= 4 is 38.4 Å². The number of fused-ring (bicyclic) bond motifs is 1. The molecule has 0 bridgehead atoms. The smallest absolute Gasteiger partial charge is 0.197 e. The Morgan fingerprint density at radius 3 is 2.38 bits per heavy atom. The molecule has 0 aliphatic carbocycles. The Balaban J connectivity index is 1.50. The average Bonchev–Trinajstić information content (AvgIpc) is 2.95. The van der Waals surface area contributed by atoms with E-state index in [4.69, 9.17) is 25.8 Å². The van der Waals surface area contributed by atoms with Crippen LogP contribution in [0.1, 0.15) is 49.8 Å². The van der Waals surface area contributed by atoms with E-state index in [0.29, 0.717) is 27.7 Å². The van der Waals surface area contributed by atoms with Crippen LogP contribution in [-0.4, -0.2) is 37.1 Å². The molecule has 8 heteroatoms. The minimum Gasteiger partial charge on any atom is -0.491 e. The fourth-order valence-corrected chi connectivity index (χ4v) is 5.11. The predicted octanol–water partition coefficient (Wildman–Crippen LogP) is 8.08. The van der Waals surface area contributed by atoms with E-state index in [1.165, 1.54) is 0 Å². The molecule has 0 N–H and O–H groups in total. The maximum absolute atomic E-state index is 9.86. The first-order chi connectivity index (χ1) is 18.8. The SMILES string of the molecule is COC(CCCCOc1c(Cl)cc(C(C)(C)c2ccc(-c3ccc4nc(Br)ncc4c3)cc2)cc1C#N)OC. The lowest BCUT2D eigenvalue weighted by Gasteiger charge is -2.27. The number of nitrogens with zero attached hydrogens (tertiary/aromatic N) is 3. The molecule has 1 heterocycles. The van der Waals surface area contributed by atoms with Gasteiger partial charge in [0.05, 0.1) is 22.7 Å². The number of unbranched alkanes of at least 4 members (excludes halogenated alkanes) is 1. The van der Waals surface area contributed by atoms with Crippen molar-refractivity contribution in [2.75, 3.05) is 20.8 Å². The van der Waals surface area contributed by atoms with Crippen LogP contribution in [0.4, 0.5) is 0 Å². The van der Waals surface area contributed by atoms with Crippen LogP contribution in [0.2, 0.25) is 5.02 Å². The molecule has 3 aromatic carbocycles. The highest BCUT2D eigenvalue weighted by molar-refractivity contribution is 9.10. The van der Waals surface area contributed by atoms with Gasteiger partial charge >= 0.3 is 0 Å². The maximum Gasteiger partial charge on any atom is 0.197 e. The summed E-state index contributed by atoms with van der Waals surface area (Å²) < 4.78 is 16.9. The fraction of sp³-hybridized carbons (Fsp3) is 0.323. The summed E-state index contributed by atoms with van der Waals surface area (Å²) in [5.41, 5.74) is 5.18. The molecule has 0 unspecified atom stereocenters. The van der Waals surface area contributed by atoms with Gasteiger partial charge in [0, 0.05) is 31.2 Å². The van der Waals surface area contributed by atoms with Crippen molar-refractivity contribution in [2.24, 2.45) is 0 Å². The topological polar surface area (TPSA) is 77.3 Å². The summed E-state index contributed by atoms with van der Waals surface area (Å²) in [6.07, 6.45) is 4.04. The highest BCUT2D eigenvalue weighted by Gasteiger charge is 2.26. The summed E-state index contributed by atoms with van der Waals surface area (Å²) in [4.78, 5) is 8.65. The van der Waals surface area contributed by atoms with Crippen molar-refractivity contribution in [1.29, 1.82) is 5.26 Å². The van der Waals surface area contributed by atoms with Crippen LogP contribution in [0, 0.1) is 11.3 Å². The third-order valence-corrected chi connectivity index (χ3v) is 7.65. The lowest BCUT2D eigenvalue weighted by atomic mass is 9.77. The molecule has 0 spiro atoms. The Kier molecular flexibility index (Phi) is 9.58. The second-order valence-electron chi connectivity index (χ2n) is 9.81. The second kappa shape index (κ2) is 12.9. The summed E-state index contributed by atoms with van der Waals surface area (Å²) in [7, 11) is 3.25. The molecule has 6 nitrogen and oxygen atoms in total. The zero-order chi connectivity index (χ0) is 28.0. The normalized spacial score (nSPS) is 11.6. The molecule has 0 aliphatic heterocycles. The third kappa shape index (κ3) is 6.77. The second-order valence-corrected chi connectivity index (χ2v) is 10.9. The standard InChI is InChI=1S/C31H31BrClN3O3/c1-31(2,24-11-8-20(9-12-24)21-10-13-27-23(15-21)19-35-30(32)36-27)25-16-22(18-34)29(26(33)17-25)39-14-6-5-7-28(37-3)38-4/h8-13,15-17,19,28H,5-7,14H2,1-4H3. The number of halogens is 2. The number of hydrogen-bond acceptors (Lipinski definition) is 6. The van der Waals surface area contributed by atoms with Gasteiger partial charge in [0.25, 0.3) is 0 Å². The Labute approximate surface area is 243 Å². The van der Waals surface area contributed by atoms with E-state index in [1.807, 2.05) is 24.4 Å². The van der Waals surface area contributed by atoms with E-state index < -0.39 is 0 Å². The van der Waals surface area contributed by atoms with Crippen LogP contribution < -0.4 is 4.74 Å². The van der Waals surface area contributed by atoms with Crippen molar-refractivity contribution in [1.82, 2.24) is 9.97 Å². The molecule has 0 amide bonds. The van der Waals surface area contributed by atoms with Crippen LogP contribution >= 0.6 is 27.5 Å². The fourth-order valence-electron chi connectivity index (χ4n) is 4.54. The minimum absolute atomic E-state index is 0.219. The van der Waals surface area contributed by atoms with Crippen molar-refractivity contribution in [3.63, 3.8) is 0 Å². The first-order valence-corrected chi connectivity index (χ1v) is 13.9. The number of hydrogen-bond donors (Lipinski definition) is 0. The summed E-state index contributed by atoms with van der Waals surface area (Å²) in [5, 5.41) is 11.3. The molecule has 0 saturated carbocycles. The Bertz CT molecular complexity index is 1480. The molecule has 0 radical (unpaired) electrons. The highest BCUT2D eigenvalue weighted by Crippen LogP contribution is 2.39. The Morgan fingerprint density at radius 2 is 1.69 bits per heavy atom. The first kappa shape index (κ1) is 29.0. The average molecular weight is 609 g/mol. The Morgan fingerprint density at radius 1 is 0.974 bits per heavy atom. The van der Waals surface area contributed by atoms with Gasteiger partial charge in [0.15, 0.2) is 16.8 Å². The van der Waals surface area contributed by atoms with E-state index in [1.54, 1.807) is 14.2 Å². The van der Waals surface area contributed by atoms with Gasteiger partial charge in [-0.2, -0.15) is 5.26 Å². The van der Waals surface area contributed by atoms with Crippen LogP contribution in [0.5, 0.6) is 5.75 Å². The maximum atomic E-state index is 9.86. The number of rotatable bonds is 11. The van der Waals surface area contributed by atoms with Crippen molar-refractivity contribution in [3.05, 3.63) is 87.2 Å². The van der Waals surface area contributed by atoms with Gasteiger partial charge in [0.2, 0.25) is 0 Å². The minimum atomic E-state index is -0.384. The van der Waals surface area contributed by atoms with Gasteiger partial charge in [0.1, 0.15) is 6.07 Å². The number of methoxy groups -OCH3 is 2. The lowest BCUT2D eigenvalue weighted by Crippen LogP contribution is -2.19. The van der Waals surface area contributed by atoms with Crippen LogP contribution in [0.25, 0.3) is 22.0 Å². The van der Waals surface area contributed by atoms with Crippen molar-refractivity contribution in [2.45, 2.75) is 44.8 Å². The van der Waals surface area contributed by atoms with Gasteiger partial charge in [-0.3, -0.25) is 0 Å². The molecule has 4 aromatic rings. The quantitative estimate of drug-likeness (QED) is 0.0973. The number of nitriles is 1. The molecule has 0 aliphatic rings. The van der Waals surface area contributed by atoms with Crippen LogP contribution in [0.3, 0.4) is 0 Å². The van der Waals surface area contributed by atoms with E-state index in [2.05, 4.69) is 82.2 Å². The number of aromatic nitrogens is 2. The monoisotopic (exact) mass is 607 g/mol. The third-order valence-electron chi connectivity index (χ3n) is 6.98. The van der Waals surface area contributed by atoms with E-state index >= 15 is 0 Å². The molecule has 0 fully saturated rings. The zero-order valence-electron chi connectivity index (χ0n) is 22.5. The first-order valence-electron chi connectivity index (χ1n) is 12.7. The molecular weight excluding hydrogens is 578 g/mol. The largest absolute Gasteiger partial charge is 0.491 e. The van der Waals surface area contributed by atoms with E-state index in [-0.39, 0.29) is 11.7 Å². The van der Waals surface area contributed by atoms with E-state index in [0.717, 1.165) is 52.4 Å². The predicted molar refractivity (Wildman–Crippen MR) is 158 cm³/mol. The summed E-state index contributed by atoms with van der Waals surface area (Å²) in [6.45, 7) is 4.71. The molecule has 0 atom stereocenters. The van der Waals surface area contributed by atoms with Gasteiger partial charge in [-0.15, -0.1) is 0 Å². The molecule has 39 heavy (non-hydrogen) atoms. The van der Waals surface area contributed by atoms with Crippen molar-refractivity contribution in [3.8, 4) is 22.9 Å². The molecule has 202 valence electrons. The lowest BCUT2D eigenvalue weighted by molar-refractivity contribution is -0.107. The number of ether oxygens (including phenoxy) is 3. The van der Waals surface area contributed by atoms with Gasteiger partial charge < -0.3 is 14.2 Å². The molecule has 0 saturated heterocycles. The zero-order valence-corrected chi connectivity index (χ0v) is 24.8. The summed E-state index contributed by atoms with van der Waals surface area (Å²) in [6, 6.07) is 20.7. The Hall–Kier alpha value is -3.02. The number of benzene rings is 3. The van der Waals surface area contributed by atoms with Gasteiger partial charge in [-0.05, 0) is 81.7 Å². The van der Waals surface area contributed by atoms with Crippen molar-refractivity contribution < 1.29 is 14.2 Å². The summed E-state index contributed by atoms with van der Waals surface area (Å²) in [5.74, 6) is 0.427. The van der Waals surface area contributed by atoms with Gasteiger partial charge in [-0.1, -0.05) is 55.8 Å². The molecular formula is C31H31BrClN3O3. The van der Waals surface area contributed by atoms with Crippen LogP contribution in [-0.2, 0) is 14.9 Å². The molecule has 4 rings (SSSR count). The van der Waals surface area contributed by atoms with Gasteiger partial charge in [-0.25, -0.2) is 9.97 Å².